The van der Waals surface area contributed by atoms with Gasteiger partial charge in [0.15, 0.2) is 0 Å². The number of guanidine groups is 1. The van der Waals surface area contributed by atoms with Crippen molar-refractivity contribution in [3.63, 3.8) is 0 Å². The third-order valence-corrected chi connectivity index (χ3v) is 5.99. The zero-order valence-corrected chi connectivity index (χ0v) is 16.8. The van der Waals surface area contributed by atoms with E-state index in [1.807, 2.05) is 23.1 Å². The van der Waals surface area contributed by atoms with E-state index in [1.165, 1.54) is 16.8 Å². The Morgan fingerprint density at radius 2 is 1.69 bits per heavy atom. The maximum absolute atomic E-state index is 13.5. The molecule has 0 radical (unpaired) electrons. The molecule has 0 aromatic heterocycles. The van der Waals surface area contributed by atoms with Crippen LogP contribution < -0.4 is 0 Å². The lowest BCUT2D eigenvalue weighted by Crippen LogP contribution is -2.53. The summed E-state index contributed by atoms with van der Waals surface area (Å²) in [5, 5.41) is 0. The second-order valence-corrected chi connectivity index (χ2v) is 8.08. The molecule has 0 spiro atoms. The Hall–Kier alpha value is -2.92. The number of nitrogens with zero attached hydrogens (tertiary/aromatic N) is 4. The molecule has 2 aromatic carbocycles. The van der Waals surface area contributed by atoms with E-state index in [9.17, 15) is 4.79 Å². The highest BCUT2D eigenvalue weighted by molar-refractivity contribution is 6.09. The fourth-order valence-corrected chi connectivity index (χ4v) is 4.47. The zero-order chi connectivity index (χ0) is 19.8. The summed E-state index contributed by atoms with van der Waals surface area (Å²) in [6.45, 7) is 6.88. The van der Waals surface area contributed by atoms with E-state index in [-0.39, 0.29) is 5.91 Å². The second kappa shape index (κ2) is 7.48. The first-order chi connectivity index (χ1) is 14.2. The molecule has 0 fully saturated rings. The smallest absolute Gasteiger partial charge is 0.259 e. The van der Waals surface area contributed by atoms with Crippen LogP contribution in [0.3, 0.4) is 0 Å². The van der Waals surface area contributed by atoms with Crippen molar-refractivity contribution in [2.24, 2.45) is 4.99 Å². The van der Waals surface area contributed by atoms with Gasteiger partial charge in [0.2, 0.25) is 5.96 Å². The highest BCUT2D eigenvalue weighted by Crippen LogP contribution is 2.32. The van der Waals surface area contributed by atoms with Crippen LogP contribution in [0.5, 0.6) is 0 Å². The predicted molar refractivity (Wildman–Crippen MR) is 114 cm³/mol. The summed E-state index contributed by atoms with van der Waals surface area (Å²) in [6, 6.07) is 18.9. The number of benzene rings is 2. The van der Waals surface area contributed by atoms with Gasteiger partial charge in [0.1, 0.15) is 0 Å². The van der Waals surface area contributed by atoms with Gasteiger partial charge in [-0.25, -0.2) is 0 Å². The second-order valence-electron chi connectivity index (χ2n) is 8.08. The quantitative estimate of drug-likeness (QED) is 0.810. The minimum Gasteiger partial charge on any atom is -0.314 e. The van der Waals surface area contributed by atoms with Crippen molar-refractivity contribution in [3.05, 3.63) is 82.6 Å². The Morgan fingerprint density at radius 1 is 0.931 bits per heavy atom. The van der Waals surface area contributed by atoms with Crippen molar-refractivity contribution in [3.8, 4) is 0 Å². The van der Waals surface area contributed by atoms with E-state index >= 15 is 0 Å². The summed E-state index contributed by atoms with van der Waals surface area (Å²) in [5.41, 5.74) is 5.84. The Balaban J connectivity index is 1.39. The van der Waals surface area contributed by atoms with Gasteiger partial charge in [-0.15, -0.1) is 0 Å². The first-order valence-electron chi connectivity index (χ1n) is 10.4. The number of carbonyl (C=O) groups is 1. The van der Waals surface area contributed by atoms with Gasteiger partial charge in [-0.2, -0.15) is 0 Å². The number of amides is 1. The molecule has 0 saturated carbocycles. The van der Waals surface area contributed by atoms with Crippen LogP contribution in [-0.4, -0.2) is 52.7 Å². The SMILES string of the molecule is Cc1ccc(CN2CCC3=C(C2)C(=O)N(Cc2ccccc2)C2=NCCN23)cc1. The number of hydrogen-bond acceptors (Lipinski definition) is 4. The molecule has 29 heavy (non-hydrogen) atoms. The van der Waals surface area contributed by atoms with Gasteiger partial charge in [0.25, 0.3) is 5.91 Å². The Morgan fingerprint density at radius 3 is 2.48 bits per heavy atom. The summed E-state index contributed by atoms with van der Waals surface area (Å²) in [6.07, 6.45) is 0.908. The van der Waals surface area contributed by atoms with Gasteiger partial charge in [-0.1, -0.05) is 60.2 Å². The lowest BCUT2D eigenvalue weighted by atomic mass is 10.00. The van der Waals surface area contributed by atoms with Crippen LogP contribution >= 0.6 is 0 Å². The van der Waals surface area contributed by atoms with E-state index in [0.29, 0.717) is 13.1 Å². The van der Waals surface area contributed by atoms with Gasteiger partial charge in [0.05, 0.1) is 18.7 Å². The first kappa shape index (κ1) is 18.1. The monoisotopic (exact) mass is 386 g/mol. The van der Waals surface area contributed by atoms with Gasteiger partial charge >= 0.3 is 0 Å². The molecule has 5 rings (SSSR count). The van der Waals surface area contributed by atoms with Crippen LogP contribution in [0.15, 0.2) is 70.9 Å². The summed E-state index contributed by atoms with van der Waals surface area (Å²) >= 11 is 0. The number of carbonyl (C=O) groups excluding carboxylic acids is 1. The van der Waals surface area contributed by atoms with Gasteiger partial charge < -0.3 is 4.90 Å². The van der Waals surface area contributed by atoms with E-state index in [4.69, 9.17) is 0 Å². The van der Waals surface area contributed by atoms with Crippen molar-refractivity contribution >= 4 is 11.9 Å². The summed E-state index contributed by atoms with van der Waals surface area (Å²) in [7, 11) is 0. The molecule has 2 aromatic rings. The summed E-state index contributed by atoms with van der Waals surface area (Å²) in [4.78, 5) is 24.7. The van der Waals surface area contributed by atoms with Crippen LogP contribution in [0.25, 0.3) is 0 Å². The molecule has 0 saturated heterocycles. The Kier molecular flexibility index (Phi) is 4.68. The molecule has 0 atom stereocenters. The molecule has 0 bridgehead atoms. The molecule has 5 heteroatoms. The highest BCUT2D eigenvalue weighted by atomic mass is 16.2. The molecule has 1 amide bonds. The molecule has 148 valence electrons. The molecule has 3 heterocycles. The van der Waals surface area contributed by atoms with Crippen LogP contribution in [0.4, 0.5) is 0 Å². The lowest BCUT2D eigenvalue weighted by molar-refractivity contribution is -0.125. The average molecular weight is 386 g/mol. The number of aryl methyl sites for hydroxylation is 1. The lowest BCUT2D eigenvalue weighted by Gasteiger charge is -2.42. The summed E-state index contributed by atoms with van der Waals surface area (Å²) < 4.78 is 0. The van der Waals surface area contributed by atoms with Gasteiger partial charge in [0, 0.05) is 38.3 Å². The average Bonchev–Trinajstić information content (AvgIpc) is 3.23. The molecule has 0 aliphatic carbocycles. The number of aliphatic imine (C=N–C) groups is 1. The maximum atomic E-state index is 13.5. The fourth-order valence-electron chi connectivity index (χ4n) is 4.47. The molecule has 3 aliphatic rings. The van der Waals surface area contributed by atoms with Crippen molar-refractivity contribution in [1.29, 1.82) is 0 Å². The maximum Gasteiger partial charge on any atom is 0.259 e. The van der Waals surface area contributed by atoms with Gasteiger partial charge in [-0.05, 0) is 18.1 Å². The van der Waals surface area contributed by atoms with E-state index in [1.54, 1.807) is 0 Å². The minimum atomic E-state index is 0.120. The molecule has 0 unspecified atom stereocenters. The van der Waals surface area contributed by atoms with Crippen molar-refractivity contribution < 1.29 is 4.79 Å². The van der Waals surface area contributed by atoms with Crippen LogP contribution in [0.1, 0.15) is 23.1 Å². The molecule has 3 aliphatic heterocycles. The Bertz CT molecular complexity index is 978. The molecular weight excluding hydrogens is 360 g/mol. The molecule has 0 N–H and O–H groups in total. The number of fused-ring (bicyclic) bond motifs is 2. The molecular formula is C24H26N4O. The van der Waals surface area contributed by atoms with Crippen LogP contribution in [0.2, 0.25) is 0 Å². The third-order valence-electron chi connectivity index (χ3n) is 5.99. The minimum absolute atomic E-state index is 0.120. The third kappa shape index (κ3) is 3.47. The first-order valence-corrected chi connectivity index (χ1v) is 10.4. The normalized spacial score (nSPS) is 19.3. The summed E-state index contributed by atoms with van der Waals surface area (Å²) in [5.74, 6) is 0.957. The van der Waals surface area contributed by atoms with E-state index in [0.717, 1.165) is 49.7 Å². The van der Waals surface area contributed by atoms with Crippen molar-refractivity contribution in [2.45, 2.75) is 26.4 Å². The van der Waals surface area contributed by atoms with Crippen LogP contribution in [-0.2, 0) is 17.9 Å². The van der Waals surface area contributed by atoms with Crippen molar-refractivity contribution in [1.82, 2.24) is 14.7 Å². The van der Waals surface area contributed by atoms with Crippen molar-refractivity contribution in [2.75, 3.05) is 26.2 Å². The zero-order valence-electron chi connectivity index (χ0n) is 16.8. The van der Waals surface area contributed by atoms with E-state index < -0.39 is 0 Å². The molecule has 5 nitrogen and oxygen atoms in total. The number of hydrogen-bond donors (Lipinski definition) is 0. The predicted octanol–water partition coefficient (Wildman–Crippen LogP) is 3.17. The highest BCUT2D eigenvalue weighted by Gasteiger charge is 2.40. The largest absolute Gasteiger partial charge is 0.314 e. The van der Waals surface area contributed by atoms with E-state index in [2.05, 4.69) is 58.1 Å². The van der Waals surface area contributed by atoms with Gasteiger partial charge in [-0.3, -0.25) is 19.6 Å². The van der Waals surface area contributed by atoms with Crippen LogP contribution in [0, 0.1) is 6.92 Å². The topological polar surface area (TPSA) is 39.2 Å². The number of rotatable bonds is 4. The standard InChI is InChI=1S/C24H26N4O/c1-18-7-9-20(10-8-18)15-26-13-11-22-21(17-26)23(29)28(24-25-12-14-27(22)24)16-19-5-3-2-4-6-19/h2-10H,11-17H2,1H3. The fraction of sp³-hybridized carbons (Fsp3) is 0.333. The Labute approximate surface area is 171 Å².